The lowest BCUT2D eigenvalue weighted by molar-refractivity contribution is -0.149. The molecule has 150 valence electrons. The molecule has 0 aliphatic heterocycles. The highest BCUT2D eigenvalue weighted by atomic mass is 79.9. The normalized spacial score (nSPS) is 13.0. The number of carboxylic acids is 1. The van der Waals surface area contributed by atoms with Crippen LogP contribution in [0.5, 0.6) is 5.75 Å². The Morgan fingerprint density at radius 1 is 1.07 bits per heavy atom. The molecule has 2 rings (SSSR count). The molecule has 4 nitrogen and oxygen atoms in total. The molecule has 1 atom stereocenters. The van der Waals surface area contributed by atoms with E-state index in [0.717, 1.165) is 22.2 Å². The third-order valence-corrected chi connectivity index (χ3v) is 5.16. The zero-order chi connectivity index (χ0) is 20.5. The van der Waals surface area contributed by atoms with Crippen LogP contribution < -0.4 is 4.74 Å². The highest BCUT2D eigenvalue weighted by Gasteiger charge is 2.17. The van der Waals surface area contributed by atoms with Gasteiger partial charge in [0, 0.05) is 17.5 Å². The maximum atomic E-state index is 11.2. The Morgan fingerprint density at radius 2 is 1.71 bits per heavy atom. The summed E-state index contributed by atoms with van der Waals surface area (Å²) in [6.45, 7) is 6.94. The first kappa shape index (κ1) is 22.2. The molecular formula is C23H27BrO4. The van der Waals surface area contributed by atoms with E-state index in [1.807, 2.05) is 36.4 Å². The summed E-state index contributed by atoms with van der Waals surface area (Å²) in [4.78, 5) is 11.2. The van der Waals surface area contributed by atoms with E-state index in [4.69, 9.17) is 9.47 Å². The van der Waals surface area contributed by atoms with E-state index in [1.165, 1.54) is 16.7 Å². The van der Waals surface area contributed by atoms with Crippen molar-refractivity contribution < 1.29 is 19.4 Å². The van der Waals surface area contributed by atoms with E-state index in [9.17, 15) is 9.90 Å². The molecule has 0 spiro atoms. The fraction of sp³-hybridized carbons (Fsp3) is 0.348. The molecular weight excluding hydrogens is 420 g/mol. The van der Waals surface area contributed by atoms with Gasteiger partial charge in [-0.2, -0.15) is 0 Å². The fourth-order valence-electron chi connectivity index (χ4n) is 2.90. The van der Waals surface area contributed by atoms with Crippen LogP contribution in [0.4, 0.5) is 0 Å². The average Bonchev–Trinajstić information content (AvgIpc) is 2.69. The van der Waals surface area contributed by atoms with Crippen LogP contribution in [0.25, 0.3) is 5.57 Å². The Hall–Kier alpha value is -2.11. The zero-order valence-electron chi connectivity index (χ0n) is 16.6. The number of ether oxygens (including phenoxy) is 2. The quantitative estimate of drug-likeness (QED) is 0.505. The predicted octanol–water partition coefficient (Wildman–Crippen LogP) is 5.74. The third-order valence-electron chi connectivity index (χ3n) is 4.64. The molecule has 1 N–H and O–H groups in total. The van der Waals surface area contributed by atoms with Gasteiger partial charge in [-0.3, -0.25) is 0 Å². The lowest BCUT2D eigenvalue weighted by atomic mass is 10.0. The number of hydrogen-bond acceptors (Lipinski definition) is 3. The van der Waals surface area contributed by atoms with Crippen molar-refractivity contribution in [3.63, 3.8) is 0 Å². The fourth-order valence-corrected chi connectivity index (χ4v) is 3.17. The Bertz CT molecular complexity index is 794. The van der Waals surface area contributed by atoms with Gasteiger partial charge in [-0.05, 0) is 66.8 Å². The van der Waals surface area contributed by atoms with Crippen molar-refractivity contribution in [1.29, 1.82) is 0 Å². The van der Waals surface area contributed by atoms with Crippen LogP contribution in [0.1, 0.15) is 38.3 Å². The van der Waals surface area contributed by atoms with Gasteiger partial charge in [0.2, 0.25) is 0 Å². The molecule has 1 unspecified atom stereocenters. The molecule has 2 aromatic carbocycles. The monoisotopic (exact) mass is 446 g/mol. The highest BCUT2D eigenvalue weighted by Crippen LogP contribution is 2.23. The van der Waals surface area contributed by atoms with E-state index in [2.05, 4.69) is 41.9 Å². The summed E-state index contributed by atoms with van der Waals surface area (Å²) < 4.78 is 12.3. The minimum absolute atomic E-state index is 0.340. The maximum absolute atomic E-state index is 11.2. The van der Waals surface area contributed by atoms with Gasteiger partial charge in [-0.15, -0.1) is 0 Å². The van der Waals surface area contributed by atoms with Gasteiger partial charge in [0.1, 0.15) is 12.4 Å². The number of benzene rings is 2. The van der Waals surface area contributed by atoms with Crippen molar-refractivity contribution in [1.82, 2.24) is 0 Å². The van der Waals surface area contributed by atoms with Crippen molar-refractivity contribution in [2.24, 2.45) is 0 Å². The molecule has 0 aromatic heterocycles. The second-order valence-electron chi connectivity index (χ2n) is 6.51. The number of rotatable bonds is 10. The lowest BCUT2D eigenvalue weighted by Crippen LogP contribution is -2.26. The van der Waals surface area contributed by atoms with E-state index in [1.54, 1.807) is 6.92 Å². The molecule has 0 saturated carbocycles. The Morgan fingerprint density at radius 3 is 2.25 bits per heavy atom. The third kappa shape index (κ3) is 6.50. The summed E-state index contributed by atoms with van der Waals surface area (Å²) in [5.74, 6) is -0.176. The number of aliphatic carboxylic acids is 1. The summed E-state index contributed by atoms with van der Waals surface area (Å²) in [7, 11) is 0. The lowest BCUT2D eigenvalue weighted by Gasteiger charge is -2.14. The van der Waals surface area contributed by atoms with Gasteiger partial charge in [0.15, 0.2) is 6.10 Å². The first-order chi connectivity index (χ1) is 13.4. The van der Waals surface area contributed by atoms with Crippen LogP contribution in [0.15, 0.2) is 58.6 Å². The van der Waals surface area contributed by atoms with Crippen LogP contribution >= 0.6 is 15.9 Å². The van der Waals surface area contributed by atoms with Crippen molar-refractivity contribution >= 4 is 27.5 Å². The van der Waals surface area contributed by atoms with Crippen molar-refractivity contribution in [2.75, 3.05) is 13.2 Å². The van der Waals surface area contributed by atoms with Gasteiger partial charge in [0.25, 0.3) is 0 Å². The summed E-state index contributed by atoms with van der Waals surface area (Å²) in [6, 6.07) is 15.8. The van der Waals surface area contributed by atoms with Gasteiger partial charge in [-0.25, -0.2) is 4.79 Å². The second-order valence-corrected chi connectivity index (χ2v) is 7.42. The van der Waals surface area contributed by atoms with Crippen LogP contribution in [0.2, 0.25) is 0 Å². The molecule has 5 heteroatoms. The molecule has 2 aromatic rings. The summed E-state index contributed by atoms with van der Waals surface area (Å²) in [5.41, 5.74) is 4.57. The topological polar surface area (TPSA) is 55.8 Å². The minimum atomic E-state index is -0.941. The van der Waals surface area contributed by atoms with Crippen molar-refractivity contribution in [3.8, 4) is 5.75 Å². The van der Waals surface area contributed by atoms with E-state index in [-0.39, 0.29) is 0 Å². The first-order valence-electron chi connectivity index (χ1n) is 9.45. The summed E-state index contributed by atoms with van der Waals surface area (Å²) in [5, 5.41) is 9.20. The van der Waals surface area contributed by atoms with Crippen LogP contribution in [-0.2, 0) is 16.0 Å². The maximum Gasteiger partial charge on any atom is 0.333 e. The molecule has 0 aliphatic rings. The molecule has 0 bridgehead atoms. The number of hydrogen-bond donors (Lipinski definition) is 1. The Kier molecular flexibility index (Phi) is 8.74. The van der Waals surface area contributed by atoms with Crippen molar-refractivity contribution in [2.45, 2.75) is 39.7 Å². The second kappa shape index (κ2) is 11.0. The number of carboxylic acid groups (broad SMARTS) is 1. The minimum Gasteiger partial charge on any atom is -0.489 e. The van der Waals surface area contributed by atoms with Gasteiger partial charge in [0.05, 0.1) is 0 Å². The first-order valence-corrected chi connectivity index (χ1v) is 10.2. The molecule has 0 radical (unpaired) electrons. The van der Waals surface area contributed by atoms with Crippen LogP contribution in [0, 0.1) is 0 Å². The Labute approximate surface area is 175 Å². The smallest absolute Gasteiger partial charge is 0.333 e. The molecule has 0 fully saturated rings. The van der Waals surface area contributed by atoms with E-state index in [0.29, 0.717) is 19.6 Å². The highest BCUT2D eigenvalue weighted by molar-refractivity contribution is 9.10. The molecule has 0 heterocycles. The van der Waals surface area contributed by atoms with Gasteiger partial charge < -0.3 is 14.6 Å². The van der Waals surface area contributed by atoms with Crippen LogP contribution in [-0.4, -0.2) is 30.4 Å². The predicted molar refractivity (Wildman–Crippen MR) is 116 cm³/mol. The Balaban J connectivity index is 2.02. The summed E-state index contributed by atoms with van der Waals surface area (Å²) >= 11 is 3.47. The average molecular weight is 447 g/mol. The van der Waals surface area contributed by atoms with Crippen molar-refractivity contribution in [3.05, 3.63) is 69.7 Å². The van der Waals surface area contributed by atoms with Crippen LogP contribution in [0.3, 0.4) is 0 Å². The molecule has 28 heavy (non-hydrogen) atoms. The number of halogens is 1. The van der Waals surface area contributed by atoms with E-state index >= 15 is 0 Å². The number of allylic oxidation sites excluding steroid dienone is 1. The van der Waals surface area contributed by atoms with Gasteiger partial charge >= 0.3 is 5.97 Å². The number of carbonyl (C=O) groups is 1. The SMILES string of the molecule is CCOC(Cc1ccc(OCC(CC)=C(C)c2ccc(Br)cc2)cc1)C(=O)O. The molecule has 0 saturated heterocycles. The van der Waals surface area contributed by atoms with Gasteiger partial charge in [-0.1, -0.05) is 47.1 Å². The summed E-state index contributed by atoms with van der Waals surface area (Å²) in [6.07, 6.45) is 0.431. The van der Waals surface area contributed by atoms with E-state index < -0.39 is 12.1 Å². The molecule has 0 amide bonds. The zero-order valence-corrected chi connectivity index (χ0v) is 18.2. The largest absolute Gasteiger partial charge is 0.489 e. The molecule has 0 aliphatic carbocycles. The standard InChI is InChI=1S/C23H27BrO4/c1-4-18(16(3)19-8-10-20(24)11-9-19)15-28-21-12-6-17(7-13-21)14-22(23(25)26)27-5-2/h6-13,22H,4-5,14-15H2,1-3H3,(H,25,26).